The SMILES string of the molecule is C=C(N=CC)C(C)Nc1nc(C(=O)N2CC[C@@H](NC)C2)c2sccc2n1. The summed E-state index contributed by atoms with van der Waals surface area (Å²) in [5.41, 5.74) is 1.92. The maximum atomic E-state index is 13.0. The van der Waals surface area contributed by atoms with Gasteiger partial charge in [-0.15, -0.1) is 11.3 Å². The lowest BCUT2D eigenvalue weighted by Crippen LogP contribution is -2.34. The predicted molar refractivity (Wildman–Crippen MR) is 107 cm³/mol. The lowest BCUT2D eigenvalue weighted by Gasteiger charge is -2.18. The summed E-state index contributed by atoms with van der Waals surface area (Å²) < 4.78 is 0.825. The summed E-state index contributed by atoms with van der Waals surface area (Å²) in [5, 5.41) is 8.37. The van der Waals surface area contributed by atoms with Gasteiger partial charge in [0.05, 0.1) is 22.0 Å². The number of likely N-dealkylation sites (tertiary alicyclic amines) is 1. The van der Waals surface area contributed by atoms with E-state index in [1.165, 1.54) is 11.3 Å². The first kappa shape index (κ1) is 18.5. The summed E-state index contributed by atoms with van der Waals surface area (Å²) in [7, 11) is 1.93. The monoisotopic (exact) mass is 372 g/mol. The zero-order valence-electron chi connectivity index (χ0n) is 15.3. The molecule has 8 heteroatoms. The Morgan fingerprint density at radius 3 is 3.04 bits per heavy atom. The molecule has 3 rings (SSSR count). The standard InChI is InChI=1S/C18H24N6OS/c1-5-20-11(2)12(3)21-18-22-14-7-9-26-16(14)15(23-18)17(25)24-8-6-13(10-24)19-4/h5,7,9,12-13,19H,2,6,8,10H2,1,3-4H3,(H,21,22,23)/t12?,13-/m1/s1. The van der Waals surface area contributed by atoms with Gasteiger partial charge in [0.25, 0.3) is 5.91 Å². The number of likely N-dealkylation sites (N-methyl/N-ethyl adjacent to an activating group) is 1. The van der Waals surface area contributed by atoms with E-state index >= 15 is 0 Å². The Hall–Kier alpha value is -2.32. The number of aliphatic imine (C=N–C) groups is 1. The van der Waals surface area contributed by atoms with E-state index in [9.17, 15) is 4.79 Å². The van der Waals surface area contributed by atoms with Crippen LogP contribution < -0.4 is 10.6 Å². The molecular weight excluding hydrogens is 348 g/mol. The number of thiophene rings is 1. The van der Waals surface area contributed by atoms with E-state index in [1.54, 1.807) is 6.21 Å². The van der Waals surface area contributed by atoms with Crippen LogP contribution in [0.3, 0.4) is 0 Å². The minimum atomic E-state index is -0.134. The van der Waals surface area contributed by atoms with Crippen LogP contribution in [0.5, 0.6) is 0 Å². The highest BCUT2D eigenvalue weighted by atomic mass is 32.1. The van der Waals surface area contributed by atoms with Crippen molar-refractivity contribution < 1.29 is 4.79 Å². The first-order chi connectivity index (χ1) is 12.5. The van der Waals surface area contributed by atoms with Crippen LogP contribution in [0, 0.1) is 0 Å². The molecule has 1 unspecified atom stereocenters. The Morgan fingerprint density at radius 1 is 1.54 bits per heavy atom. The maximum Gasteiger partial charge on any atom is 0.274 e. The van der Waals surface area contributed by atoms with E-state index in [1.807, 2.05) is 37.2 Å². The molecule has 1 amide bonds. The Labute approximate surface area is 157 Å². The van der Waals surface area contributed by atoms with Crippen LogP contribution in [0.25, 0.3) is 10.2 Å². The van der Waals surface area contributed by atoms with E-state index < -0.39 is 0 Å². The first-order valence-electron chi connectivity index (χ1n) is 8.69. The number of nitrogens with zero attached hydrogens (tertiary/aromatic N) is 4. The van der Waals surface area contributed by atoms with Crippen LogP contribution in [0.15, 0.2) is 28.7 Å². The number of anilines is 1. The van der Waals surface area contributed by atoms with Gasteiger partial charge in [0.1, 0.15) is 0 Å². The molecule has 0 aromatic carbocycles. The van der Waals surface area contributed by atoms with Crippen LogP contribution in [-0.2, 0) is 0 Å². The highest BCUT2D eigenvalue weighted by molar-refractivity contribution is 7.17. The second kappa shape index (κ2) is 7.92. The van der Waals surface area contributed by atoms with Gasteiger partial charge in [-0.05, 0) is 38.8 Å². The molecule has 0 spiro atoms. The molecule has 7 nitrogen and oxygen atoms in total. The second-order valence-corrected chi connectivity index (χ2v) is 7.22. The summed E-state index contributed by atoms with van der Waals surface area (Å²) in [6, 6.07) is 2.12. The molecule has 138 valence electrons. The molecule has 0 aliphatic carbocycles. The lowest BCUT2D eigenvalue weighted by molar-refractivity contribution is 0.0786. The minimum Gasteiger partial charge on any atom is -0.346 e. The molecule has 26 heavy (non-hydrogen) atoms. The van der Waals surface area contributed by atoms with Crippen molar-refractivity contribution >= 4 is 39.6 Å². The van der Waals surface area contributed by atoms with E-state index in [-0.39, 0.29) is 11.9 Å². The molecule has 1 aliphatic rings. The van der Waals surface area contributed by atoms with Gasteiger partial charge < -0.3 is 15.5 Å². The van der Waals surface area contributed by atoms with E-state index in [0.717, 1.165) is 23.2 Å². The van der Waals surface area contributed by atoms with Gasteiger partial charge in [0.15, 0.2) is 5.69 Å². The molecule has 0 bridgehead atoms. The van der Waals surface area contributed by atoms with Gasteiger partial charge in [-0.1, -0.05) is 6.58 Å². The van der Waals surface area contributed by atoms with Gasteiger partial charge in [0, 0.05) is 25.3 Å². The highest BCUT2D eigenvalue weighted by Gasteiger charge is 2.28. The maximum absolute atomic E-state index is 13.0. The fraction of sp³-hybridized carbons (Fsp3) is 0.444. The summed E-state index contributed by atoms with van der Waals surface area (Å²) in [6.45, 7) is 9.16. The summed E-state index contributed by atoms with van der Waals surface area (Å²) in [4.78, 5) is 28.2. The highest BCUT2D eigenvalue weighted by Crippen LogP contribution is 2.26. The number of nitrogens with one attached hydrogen (secondary N) is 2. The fourth-order valence-electron chi connectivity index (χ4n) is 2.96. The average Bonchev–Trinajstić information content (AvgIpc) is 3.29. The molecule has 1 aliphatic heterocycles. The Balaban J connectivity index is 1.89. The predicted octanol–water partition coefficient (Wildman–Crippen LogP) is 2.53. The van der Waals surface area contributed by atoms with E-state index in [0.29, 0.717) is 29.9 Å². The molecule has 0 radical (unpaired) electrons. The number of aromatic nitrogens is 2. The van der Waals surface area contributed by atoms with Crippen LogP contribution in [0.1, 0.15) is 30.8 Å². The zero-order valence-corrected chi connectivity index (χ0v) is 16.1. The minimum absolute atomic E-state index is 0.0429. The molecular formula is C18H24N6OS. The smallest absolute Gasteiger partial charge is 0.274 e. The molecule has 2 aromatic rings. The van der Waals surface area contributed by atoms with E-state index in [2.05, 4.69) is 32.2 Å². The lowest BCUT2D eigenvalue weighted by atomic mass is 10.2. The summed E-state index contributed by atoms with van der Waals surface area (Å²) in [6.07, 6.45) is 2.65. The fourth-order valence-corrected chi connectivity index (χ4v) is 3.77. The van der Waals surface area contributed by atoms with Crippen molar-refractivity contribution in [1.29, 1.82) is 0 Å². The van der Waals surface area contributed by atoms with Crippen molar-refractivity contribution in [1.82, 2.24) is 20.2 Å². The van der Waals surface area contributed by atoms with Crippen molar-refractivity contribution in [3.63, 3.8) is 0 Å². The Morgan fingerprint density at radius 2 is 2.35 bits per heavy atom. The molecule has 2 aromatic heterocycles. The molecule has 2 N–H and O–H groups in total. The van der Waals surface area contributed by atoms with Crippen molar-refractivity contribution in [2.45, 2.75) is 32.4 Å². The van der Waals surface area contributed by atoms with Crippen LogP contribution in [-0.4, -0.2) is 59.2 Å². The third kappa shape index (κ3) is 3.76. The van der Waals surface area contributed by atoms with E-state index in [4.69, 9.17) is 0 Å². The molecule has 1 saturated heterocycles. The second-order valence-electron chi connectivity index (χ2n) is 6.30. The molecule has 3 heterocycles. The number of carbonyl (C=O) groups excluding carboxylic acids is 1. The molecule has 1 fully saturated rings. The van der Waals surface area contributed by atoms with Gasteiger partial charge in [0.2, 0.25) is 5.95 Å². The zero-order chi connectivity index (χ0) is 18.7. The number of hydrogen-bond acceptors (Lipinski definition) is 7. The summed E-state index contributed by atoms with van der Waals surface area (Å²) in [5.74, 6) is 0.377. The Kier molecular flexibility index (Phi) is 5.63. The summed E-state index contributed by atoms with van der Waals surface area (Å²) >= 11 is 1.49. The number of fused-ring (bicyclic) bond motifs is 1. The van der Waals surface area contributed by atoms with Crippen LogP contribution >= 0.6 is 11.3 Å². The van der Waals surface area contributed by atoms with Gasteiger partial charge in [-0.3, -0.25) is 9.79 Å². The Bertz CT molecular complexity index is 845. The molecule has 0 saturated carbocycles. The number of hydrogen-bond donors (Lipinski definition) is 2. The largest absolute Gasteiger partial charge is 0.346 e. The quantitative estimate of drug-likeness (QED) is 0.762. The topological polar surface area (TPSA) is 82.5 Å². The number of carbonyl (C=O) groups is 1. The van der Waals surface area contributed by atoms with Gasteiger partial charge in [-0.2, -0.15) is 0 Å². The normalized spacial score (nSPS) is 18.6. The van der Waals surface area contributed by atoms with Crippen LogP contribution in [0.4, 0.5) is 5.95 Å². The van der Waals surface area contributed by atoms with Gasteiger partial charge in [-0.25, -0.2) is 9.97 Å². The third-order valence-corrected chi connectivity index (χ3v) is 5.44. The average molecular weight is 372 g/mol. The van der Waals surface area contributed by atoms with Crippen molar-refractivity contribution in [2.24, 2.45) is 4.99 Å². The van der Waals surface area contributed by atoms with Crippen molar-refractivity contribution in [3.05, 3.63) is 29.4 Å². The molecule has 2 atom stereocenters. The number of rotatable bonds is 6. The van der Waals surface area contributed by atoms with Gasteiger partial charge >= 0.3 is 0 Å². The van der Waals surface area contributed by atoms with Crippen molar-refractivity contribution in [3.8, 4) is 0 Å². The third-order valence-electron chi connectivity index (χ3n) is 4.53. The van der Waals surface area contributed by atoms with Crippen LogP contribution in [0.2, 0.25) is 0 Å². The van der Waals surface area contributed by atoms with Crippen molar-refractivity contribution in [2.75, 3.05) is 25.5 Å². The number of amides is 1. The first-order valence-corrected chi connectivity index (χ1v) is 9.57.